The molecule has 8 nitrogen and oxygen atoms in total. The number of unbranched alkanes of at least 4 members (excludes halogenated alkanes) is 2. The fraction of sp³-hybridized carbons (Fsp3) is 0.211. The van der Waals surface area contributed by atoms with Gasteiger partial charge >= 0.3 is 17.2 Å². The highest BCUT2D eigenvalue weighted by Crippen LogP contribution is 2.25. The van der Waals surface area contributed by atoms with Crippen LogP contribution >= 0.6 is 0 Å². The molecule has 0 radical (unpaired) electrons. The maximum Gasteiger partial charge on any atom is 0.347 e. The number of ketones is 1. The van der Waals surface area contributed by atoms with E-state index in [1.165, 1.54) is 30.3 Å². The van der Waals surface area contributed by atoms with E-state index >= 15 is 0 Å². The van der Waals surface area contributed by atoms with Crippen LogP contribution in [0.25, 0.3) is 28.0 Å². The lowest BCUT2D eigenvalue weighted by molar-refractivity contribution is -0.128. The number of nitrogens with zero attached hydrogens (tertiary/aromatic N) is 1. The molecule has 0 aliphatic heterocycles. The predicted octanol–water partition coefficient (Wildman–Crippen LogP) is 7.71. The number of carbonyl (C=O) groups excluding carboxylic acids is 2. The van der Waals surface area contributed by atoms with E-state index in [1.54, 1.807) is 18.2 Å². The van der Waals surface area contributed by atoms with E-state index in [2.05, 4.69) is 18.7 Å². The monoisotopic (exact) mass is 617 g/mol. The van der Waals surface area contributed by atoms with Crippen molar-refractivity contribution in [2.24, 2.45) is 0 Å². The van der Waals surface area contributed by atoms with Gasteiger partial charge in [-0.3, -0.25) is 4.79 Å². The summed E-state index contributed by atoms with van der Waals surface area (Å²) in [6.45, 7) is 6.09. The number of allylic oxidation sites excluding steroid dienone is 2. The van der Waals surface area contributed by atoms with Crippen LogP contribution < -0.4 is 20.9 Å². The fourth-order valence-electron chi connectivity index (χ4n) is 5.00. The summed E-state index contributed by atoms with van der Waals surface area (Å²) in [5, 5.41) is 0.983. The van der Waals surface area contributed by atoms with Gasteiger partial charge in [0.2, 0.25) is 5.78 Å². The number of hydrogen-bond acceptors (Lipinski definition) is 8. The molecular formula is C38H35NO7. The van der Waals surface area contributed by atoms with Gasteiger partial charge in [-0.1, -0.05) is 75.2 Å². The lowest BCUT2D eigenvalue weighted by atomic mass is 10.0. The first-order valence-electron chi connectivity index (χ1n) is 15.4. The van der Waals surface area contributed by atoms with Crippen LogP contribution in [0.3, 0.4) is 0 Å². The largest absolute Gasteiger partial charge is 0.423 e. The molecule has 0 fully saturated rings. The Morgan fingerprint density at radius 3 is 1.98 bits per heavy atom. The Morgan fingerprint density at radius 1 is 0.739 bits per heavy atom. The van der Waals surface area contributed by atoms with Gasteiger partial charge in [0.25, 0.3) is 0 Å². The van der Waals surface area contributed by atoms with E-state index in [0.29, 0.717) is 16.4 Å². The van der Waals surface area contributed by atoms with Gasteiger partial charge in [0.15, 0.2) is 0 Å². The van der Waals surface area contributed by atoms with Crippen LogP contribution in [0.1, 0.15) is 61.0 Å². The van der Waals surface area contributed by atoms with Crippen molar-refractivity contribution >= 4 is 45.5 Å². The molecule has 0 saturated carbocycles. The van der Waals surface area contributed by atoms with Crippen LogP contribution in [0.4, 0.5) is 5.69 Å². The molecule has 0 saturated heterocycles. The van der Waals surface area contributed by atoms with Crippen molar-refractivity contribution in [2.75, 3.05) is 18.0 Å². The minimum atomic E-state index is -0.927. The van der Waals surface area contributed by atoms with E-state index in [9.17, 15) is 19.2 Å². The normalized spacial score (nSPS) is 11.5. The highest BCUT2D eigenvalue weighted by atomic mass is 16.5. The first-order valence-corrected chi connectivity index (χ1v) is 15.4. The van der Waals surface area contributed by atoms with Crippen molar-refractivity contribution < 1.29 is 23.2 Å². The topological polar surface area (TPSA) is 107 Å². The molecule has 0 bridgehead atoms. The van der Waals surface area contributed by atoms with Crippen LogP contribution in [-0.2, 0) is 4.79 Å². The van der Waals surface area contributed by atoms with Gasteiger partial charge in [0.05, 0.1) is 0 Å². The van der Waals surface area contributed by atoms with Crippen LogP contribution in [0, 0.1) is 0 Å². The third kappa shape index (κ3) is 7.77. The SMILES string of the molecule is CCCCN(CCCC)c1ccc2cc(C(=O)c3cc4ccc(OC(=O)/C=C/C=C/c5ccccc5)cc4oc3=O)c(=O)oc2c1. The number of hydrogen-bond donors (Lipinski definition) is 0. The van der Waals surface area contributed by atoms with Crippen molar-refractivity contribution in [3.05, 3.63) is 135 Å². The molecule has 8 heteroatoms. The van der Waals surface area contributed by atoms with Gasteiger partial charge in [0.1, 0.15) is 28.0 Å². The third-order valence-electron chi connectivity index (χ3n) is 7.49. The molecule has 2 aromatic heterocycles. The Morgan fingerprint density at radius 2 is 1.35 bits per heavy atom. The average Bonchev–Trinajstić information content (AvgIpc) is 3.06. The zero-order chi connectivity index (χ0) is 32.5. The summed E-state index contributed by atoms with van der Waals surface area (Å²) in [4.78, 5) is 53.8. The summed E-state index contributed by atoms with van der Waals surface area (Å²) < 4.78 is 16.3. The van der Waals surface area contributed by atoms with Crippen molar-refractivity contribution in [1.29, 1.82) is 0 Å². The Labute approximate surface area is 266 Å². The second kappa shape index (κ2) is 15.0. The maximum atomic E-state index is 13.4. The van der Waals surface area contributed by atoms with Crippen molar-refractivity contribution in [3.63, 3.8) is 0 Å². The molecule has 234 valence electrons. The zero-order valence-corrected chi connectivity index (χ0v) is 25.9. The molecule has 5 aromatic rings. The van der Waals surface area contributed by atoms with Gasteiger partial charge in [0, 0.05) is 47.8 Å². The van der Waals surface area contributed by atoms with E-state index in [-0.39, 0.29) is 22.5 Å². The number of carbonyl (C=O) groups is 2. The third-order valence-corrected chi connectivity index (χ3v) is 7.49. The molecule has 5 rings (SSSR count). The summed E-state index contributed by atoms with van der Waals surface area (Å²) >= 11 is 0. The van der Waals surface area contributed by atoms with Crippen LogP contribution in [0.15, 0.2) is 116 Å². The number of benzene rings is 3. The molecular weight excluding hydrogens is 582 g/mol. The molecule has 3 aromatic carbocycles. The van der Waals surface area contributed by atoms with E-state index in [1.807, 2.05) is 54.6 Å². The smallest absolute Gasteiger partial charge is 0.347 e. The predicted molar refractivity (Wildman–Crippen MR) is 181 cm³/mol. The summed E-state index contributed by atoms with van der Waals surface area (Å²) in [7, 11) is 0. The average molecular weight is 618 g/mol. The molecule has 2 heterocycles. The van der Waals surface area contributed by atoms with Gasteiger partial charge < -0.3 is 18.5 Å². The Hall–Kier alpha value is -5.50. The molecule has 0 unspecified atom stereocenters. The lowest BCUT2D eigenvalue weighted by Crippen LogP contribution is -2.25. The molecule has 0 aliphatic carbocycles. The minimum Gasteiger partial charge on any atom is -0.423 e. The number of fused-ring (bicyclic) bond motifs is 2. The molecule has 0 atom stereocenters. The van der Waals surface area contributed by atoms with Crippen molar-refractivity contribution in [1.82, 2.24) is 0 Å². The second-order valence-electron chi connectivity index (χ2n) is 10.9. The molecule has 0 spiro atoms. The lowest BCUT2D eigenvalue weighted by Gasteiger charge is -2.24. The summed E-state index contributed by atoms with van der Waals surface area (Å²) in [6.07, 6.45) is 10.6. The minimum absolute atomic E-state index is 0.119. The molecule has 0 aliphatic rings. The van der Waals surface area contributed by atoms with Crippen LogP contribution in [0.5, 0.6) is 5.75 Å². The maximum absolute atomic E-state index is 13.4. The Bertz CT molecular complexity index is 2030. The van der Waals surface area contributed by atoms with Crippen LogP contribution in [0.2, 0.25) is 0 Å². The van der Waals surface area contributed by atoms with E-state index < -0.39 is 23.0 Å². The van der Waals surface area contributed by atoms with E-state index in [0.717, 1.165) is 50.0 Å². The fourth-order valence-corrected chi connectivity index (χ4v) is 5.00. The van der Waals surface area contributed by atoms with Gasteiger partial charge in [-0.2, -0.15) is 0 Å². The number of esters is 1. The summed E-state index contributed by atoms with van der Waals surface area (Å²) in [6, 6.07) is 22.5. The molecule has 0 N–H and O–H groups in total. The van der Waals surface area contributed by atoms with Crippen molar-refractivity contribution in [2.45, 2.75) is 39.5 Å². The Kier molecular flexibility index (Phi) is 10.4. The summed E-state index contributed by atoms with van der Waals surface area (Å²) in [5.41, 5.74) is 0.0952. The summed E-state index contributed by atoms with van der Waals surface area (Å²) in [5.74, 6) is -1.25. The van der Waals surface area contributed by atoms with Crippen molar-refractivity contribution in [3.8, 4) is 5.75 Å². The Balaban J connectivity index is 1.33. The quantitative estimate of drug-likeness (QED) is 0.0330. The molecule has 0 amide bonds. The molecule has 46 heavy (non-hydrogen) atoms. The highest BCUT2D eigenvalue weighted by Gasteiger charge is 2.21. The highest BCUT2D eigenvalue weighted by molar-refractivity contribution is 6.10. The van der Waals surface area contributed by atoms with Gasteiger partial charge in [-0.15, -0.1) is 0 Å². The zero-order valence-electron chi connectivity index (χ0n) is 25.9. The standard InChI is InChI=1S/C38H35NO7/c1-3-5-20-39(21-6-4-2)29-18-16-27-22-31(37(42)45-33(27)24-29)36(41)32-23-28-17-19-30(25-34(28)46-38(32)43)44-35(40)15-11-10-14-26-12-8-7-9-13-26/h7-19,22-25H,3-6,20-21H2,1-2H3/b14-10+,15-11+. The first kappa shape index (κ1) is 31.9. The van der Waals surface area contributed by atoms with Gasteiger partial charge in [-0.05, 0) is 54.8 Å². The number of rotatable bonds is 13. The first-order chi connectivity index (χ1) is 22.4. The van der Waals surface area contributed by atoms with Crippen LogP contribution in [-0.4, -0.2) is 24.8 Å². The second-order valence-corrected chi connectivity index (χ2v) is 10.9. The van der Waals surface area contributed by atoms with Gasteiger partial charge in [-0.25, -0.2) is 14.4 Å². The number of ether oxygens (including phenoxy) is 1. The van der Waals surface area contributed by atoms with E-state index in [4.69, 9.17) is 13.6 Å². The number of anilines is 1.